The summed E-state index contributed by atoms with van der Waals surface area (Å²) in [4.78, 5) is 0. The zero-order valence-electron chi connectivity index (χ0n) is 10.3. The van der Waals surface area contributed by atoms with E-state index in [4.69, 9.17) is 0 Å². The SMILES string of the molecule is CNc1cnn(C2CC(c3ccc(F)cc3)C2)c1. The van der Waals surface area contributed by atoms with Crippen LogP contribution < -0.4 is 5.32 Å². The van der Waals surface area contributed by atoms with E-state index in [1.165, 1.54) is 17.7 Å². The molecular formula is C14H16FN3. The van der Waals surface area contributed by atoms with Crippen LogP contribution in [0.2, 0.25) is 0 Å². The molecule has 0 atom stereocenters. The minimum absolute atomic E-state index is 0.166. The van der Waals surface area contributed by atoms with Crippen molar-refractivity contribution in [3.63, 3.8) is 0 Å². The molecule has 0 aliphatic heterocycles. The summed E-state index contributed by atoms with van der Waals surface area (Å²) in [7, 11) is 1.89. The number of hydrogen-bond acceptors (Lipinski definition) is 2. The van der Waals surface area contributed by atoms with E-state index in [9.17, 15) is 4.39 Å². The third-order valence-electron chi connectivity index (χ3n) is 3.72. The Bertz CT molecular complexity index is 526. The highest BCUT2D eigenvalue weighted by molar-refractivity contribution is 5.37. The Labute approximate surface area is 106 Å². The van der Waals surface area contributed by atoms with Gasteiger partial charge in [-0.2, -0.15) is 5.10 Å². The summed E-state index contributed by atoms with van der Waals surface area (Å²) in [6, 6.07) is 7.32. The Kier molecular flexibility index (Phi) is 2.78. The second-order valence-corrected chi connectivity index (χ2v) is 4.83. The molecule has 18 heavy (non-hydrogen) atoms. The van der Waals surface area contributed by atoms with Crippen molar-refractivity contribution in [1.29, 1.82) is 0 Å². The van der Waals surface area contributed by atoms with Gasteiger partial charge in [-0.05, 0) is 36.5 Å². The Morgan fingerprint density at radius 3 is 2.61 bits per heavy atom. The molecule has 1 aromatic carbocycles. The van der Waals surface area contributed by atoms with Crippen molar-refractivity contribution in [3.8, 4) is 0 Å². The van der Waals surface area contributed by atoms with E-state index < -0.39 is 0 Å². The number of anilines is 1. The van der Waals surface area contributed by atoms with Crippen LogP contribution >= 0.6 is 0 Å². The first-order valence-corrected chi connectivity index (χ1v) is 6.23. The normalized spacial score (nSPS) is 22.6. The second-order valence-electron chi connectivity index (χ2n) is 4.83. The number of nitrogens with zero attached hydrogens (tertiary/aromatic N) is 2. The van der Waals surface area contributed by atoms with Gasteiger partial charge in [0.15, 0.2) is 0 Å². The molecule has 2 aromatic rings. The lowest BCUT2D eigenvalue weighted by molar-refractivity contribution is 0.245. The second kappa shape index (κ2) is 4.44. The molecule has 4 heteroatoms. The maximum absolute atomic E-state index is 12.8. The van der Waals surface area contributed by atoms with Gasteiger partial charge in [0.2, 0.25) is 0 Å². The van der Waals surface area contributed by atoms with Crippen molar-refractivity contribution in [2.45, 2.75) is 24.8 Å². The van der Waals surface area contributed by atoms with Crippen molar-refractivity contribution >= 4 is 5.69 Å². The molecule has 1 aliphatic rings. The maximum atomic E-state index is 12.8. The minimum atomic E-state index is -0.166. The minimum Gasteiger partial charge on any atom is -0.386 e. The van der Waals surface area contributed by atoms with Gasteiger partial charge in [0.05, 0.1) is 17.9 Å². The summed E-state index contributed by atoms with van der Waals surface area (Å²) in [6.07, 6.45) is 6.03. The smallest absolute Gasteiger partial charge is 0.123 e. The third-order valence-corrected chi connectivity index (χ3v) is 3.72. The van der Waals surface area contributed by atoms with E-state index in [0.29, 0.717) is 12.0 Å². The molecule has 1 heterocycles. The Hall–Kier alpha value is -1.84. The Morgan fingerprint density at radius 2 is 2.00 bits per heavy atom. The van der Waals surface area contributed by atoms with E-state index in [1.807, 2.05) is 36.3 Å². The number of hydrogen-bond donors (Lipinski definition) is 1. The maximum Gasteiger partial charge on any atom is 0.123 e. The summed E-state index contributed by atoms with van der Waals surface area (Å²) < 4.78 is 14.9. The molecule has 0 radical (unpaired) electrons. The summed E-state index contributed by atoms with van der Waals surface area (Å²) >= 11 is 0. The molecule has 0 amide bonds. The monoisotopic (exact) mass is 245 g/mol. The zero-order valence-corrected chi connectivity index (χ0v) is 10.3. The molecule has 1 fully saturated rings. The topological polar surface area (TPSA) is 29.9 Å². The van der Waals surface area contributed by atoms with Crippen molar-refractivity contribution < 1.29 is 4.39 Å². The van der Waals surface area contributed by atoms with Crippen LogP contribution in [0.15, 0.2) is 36.7 Å². The number of aromatic nitrogens is 2. The zero-order chi connectivity index (χ0) is 12.5. The average Bonchev–Trinajstić information content (AvgIpc) is 2.78. The van der Waals surface area contributed by atoms with Crippen LogP contribution in [-0.2, 0) is 0 Å². The highest BCUT2D eigenvalue weighted by Gasteiger charge is 2.32. The van der Waals surface area contributed by atoms with Crippen molar-refractivity contribution in [2.24, 2.45) is 0 Å². The first kappa shape index (κ1) is 11.3. The fourth-order valence-corrected chi connectivity index (χ4v) is 2.48. The van der Waals surface area contributed by atoms with Gasteiger partial charge in [0.1, 0.15) is 5.82 Å². The van der Waals surface area contributed by atoms with Crippen LogP contribution in [0.4, 0.5) is 10.1 Å². The van der Waals surface area contributed by atoms with Crippen LogP contribution in [0.25, 0.3) is 0 Å². The molecule has 1 saturated carbocycles. The van der Waals surface area contributed by atoms with Crippen LogP contribution in [0, 0.1) is 5.82 Å². The predicted molar refractivity (Wildman–Crippen MR) is 69.2 cm³/mol. The van der Waals surface area contributed by atoms with Gasteiger partial charge < -0.3 is 5.32 Å². The van der Waals surface area contributed by atoms with E-state index in [1.54, 1.807) is 0 Å². The van der Waals surface area contributed by atoms with Crippen LogP contribution in [0.3, 0.4) is 0 Å². The van der Waals surface area contributed by atoms with Crippen molar-refractivity contribution in [3.05, 3.63) is 48.0 Å². The third kappa shape index (κ3) is 1.98. The first-order valence-electron chi connectivity index (χ1n) is 6.23. The average molecular weight is 245 g/mol. The highest BCUT2D eigenvalue weighted by Crippen LogP contribution is 2.44. The summed E-state index contributed by atoms with van der Waals surface area (Å²) in [6.45, 7) is 0. The Morgan fingerprint density at radius 1 is 1.28 bits per heavy atom. The molecular weight excluding hydrogens is 229 g/mol. The number of nitrogens with one attached hydrogen (secondary N) is 1. The van der Waals surface area contributed by atoms with Gasteiger partial charge in [0, 0.05) is 13.2 Å². The lowest BCUT2D eigenvalue weighted by atomic mass is 9.76. The fourth-order valence-electron chi connectivity index (χ4n) is 2.48. The molecule has 94 valence electrons. The summed E-state index contributed by atoms with van der Waals surface area (Å²) in [5.74, 6) is 0.373. The molecule has 1 N–H and O–H groups in total. The number of benzene rings is 1. The molecule has 3 rings (SSSR count). The molecule has 0 bridgehead atoms. The molecule has 1 aromatic heterocycles. The van der Waals surface area contributed by atoms with Crippen molar-refractivity contribution in [2.75, 3.05) is 12.4 Å². The number of halogens is 1. The molecule has 0 saturated heterocycles. The largest absolute Gasteiger partial charge is 0.386 e. The number of rotatable bonds is 3. The van der Waals surface area contributed by atoms with Crippen LogP contribution in [0.1, 0.15) is 30.4 Å². The van der Waals surface area contributed by atoms with Crippen molar-refractivity contribution in [1.82, 2.24) is 9.78 Å². The standard InChI is InChI=1S/C14H16FN3/c1-16-13-8-17-18(9-13)14-6-11(7-14)10-2-4-12(15)5-3-10/h2-5,8-9,11,14,16H,6-7H2,1H3. The van der Waals surface area contributed by atoms with Gasteiger partial charge >= 0.3 is 0 Å². The molecule has 1 aliphatic carbocycles. The lowest BCUT2D eigenvalue weighted by Crippen LogP contribution is -2.25. The Balaban J connectivity index is 1.64. The van der Waals surface area contributed by atoms with Gasteiger partial charge in [-0.1, -0.05) is 12.1 Å². The fraction of sp³-hybridized carbons (Fsp3) is 0.357. The van der Waals surface area contributed by atoms with E-state index in [2.05, 4.69) is 10.4 Å². The highest BCUT2D eigenvalue weighted by atomic mass is 19.1. The van der Waals surface area contributed by atoms with E-state index in [0.717, 1.165) is 18.5 Å². The van der Waals surface area contributed by atoms with Gasteiger partial charge in [0.25, 0.3) is 0 Å². The summed E-state index contributed by atoms with van der Waals surface area (Å²) in [5, 5.41) is 7.42. The first-order chi connectivity index (χ1) is 8.76. The van der Waals surface area contributed by atoms with Crippen LogP contribution in [-0.4, -0.2) is 16.8 Å². The van der Waals surface area contributed by atoms with E-state index in [-0.39, 0.29) is 5.82 Å². The van der Waals surface area contributed by atoms with Gasteiger partial charge in [-0.25, -0.2) is 4.39 Å². The van der Waals surface area contributed by atoms with Gasteiger partial charge in [-0.15, -0.1) is 0 Å². The lowest BCUT2D eigenvalue weighted by Gasteiger charge is -2.35. The van der Waals surface area contributed by atoms with Gasteiger partial charge in [-0.3, -0.25) is 4.68 Å². The molecule has 3 nitrogen and oxygen atoms in total. The quantitative estimate of drug-likeness (QED) is 0.900. The van der Waals surface area contributed by atoms with Crippen LogP contribution in [0.5, 0.6) is 0 Å². The molecule has 0 unspecified atom stereocenters. The summed E-state index contributed by atoms with van der Waals surface area (Å²) in [5.41, 5.74) is 2.27. The molecule has 0 spiro atoms. The van der Waals surface area contributed by atoms with E-state index >= 15 is 0 Å². The predicted octanol–water partition coefficient (Wildman–Crippen LogP) is 3.18.